The fourth-order valence-electron chi connectivity index (χ4n) is 1.96. The molecule has 2 aromatic rings. The molecule has 0 aliphatic rings. The van der Waals surface area contributed by atoms with E-state index in [-0.39, 0.29) is 26.5 Å². The number of aryl methyl sites for hydroxylation is 1. The lowest BCUT2D eigenvalue weighted by Crippen LogP contribution is -2.39. The smallest absolute Gasteiger partial charge is 0.340 e. The average Bonchev–Trinajstić information content (AvgIpc) is 2.39. The third-order valence-electron chi connectivity index (χ3n) is 2.96. The maximum atomic E-state index is 12.9. The Morgan fingerprint density at radius 2 is 1.91 bits per heavy atom. The summed E-state index contributed by atoms with van der Waals surface area (Å²) in [5.74, 6) is -1.37. The number of halogens is 3. The molecule has 0 spiro atoms. The van der Waals surface area contributed by atoms with Gasteiger partial charge in [-0.1, -0.05) is 11.6 Å². The van der Waals surface area contributed by atoms with Crippen molar-refractivity contribution in [2.75, 3.05) is 0 Å². The summed E-state index contributed by atoms with van der Waals surface area (Å²) in [5.41, 5.74) is -2.83. The van der Waals surface area contributed by atoms with Crippen molar-refractivity contribution in [1.29, 1.82) is 0 Å². The molecule has 0 saturated carbocycles. The van der Waals surface area contributed by atoms with Gasteiger partial charge in [0.05, 0.1) is 16.3 Å². The van der Waals surface area contributed by atoms with Gasteiger partial charge >= 0.3 is 18.2 Å². The number of carbonyl (C=O) groups is 1. The van der Waals surface area contributed by atoms with Crippen LogP contribution in [-0.2, 0) is 0 Å². The van der Waals surface area contributed by atoms with E-state index in [9.17, 15) is 23.2 Å². The van der Waals surface area contributed by atoms with Crippen LogP contribution in [0.25, 0.3) is 5.69 Å². The number of aromatic nitrogens is 2. The van der Waals surface area contributed by atoms with Crippen LogP contribution in [0.1, 0.15) is 22.6 Å². The second kappa shape index (κ2) is 5.72. The van der Waals surface area contributed by atoms with Crippen molar-refractivity contribution in [3.05, 3.63) is 61.4 Å². The van der Waals surface area contributed by atoms with Crippen LogP contribution in [0.15, 0.2) is 33.9 Å². The van der Waals surface area contributed by atoms with Crippen LogP contribution in [0.5, 0.6) is 0 Å². The Hall–Kier alpha value is -2.48. The Morgan fingerprint density at radius 3 is 2.45 bits per heavy atom. The second-order valence-corrected chi connectivity index (χ2v) is 4.77. The summed E-state index contributed by atoms with van der Waals surface area (Å²) in [7, 11) is 0. The quantitative estimate of drug-likeness (QED) is 0.934. The fraction of sp³-hybridized carbons (Fsp3) is 0.154. The SMILES string of the molecule is Cc1cc(=O)n(-c2ccc(Cl)c(C(=O)O)c2)c(=O)n1C(F)F. The van der Waals surface area contributed by atoms with Gasteiger partial charge in [-0.3, -0.25) is 4.79 Å². The number of carboxylic acids is 1. The maximum absolute atomic E-state index is 12.9. The van der Waals surface area contributed by atoms with E-state index in [1.54, 1.807) is 0 Å². The van der Waals surface area contributed by atoms with Crippen molar-refractivity contribution >= 4 is 17.6 Å². The first kappa shape index (κ1) is 15.9. The van der Waals surface area contributed by atoms with Crippen LogP contribution < -0.4 is 11.2 Å². The van der Waals surface area contributed by atoms with Crippen LogP contribution in [0.3, 0.4) is 0 Å². The summed E-state index contributed by atoms with van der Waals surface area (Å²) in [6.07, 6.45) is 0. The van der Waals surface area contributed by atoms with E-state index >= 15 is 0 Å². The second-order valence-electron chi connectivity index (χ2n) is 4.36. The number of hydrogen-bond donors (Lipinski definition) is 1. The molecule has 6 nitrogen and oxygen atoms in total. The first-order chi connectivity index (χ1) is 10.2. The van der Waals surface area contributed by atoms with Gasteiger partial charge in [0.1, 0.15) is 0 Å². The van der Waals surface area contributed by atoms with Crippen molar-refractivity contribution in [1.82, 2.24) is 9.13 Å². The standard InChI is InChI=1S/C13H9ClF2N2O4/c1-6-4-10(19)18(13(22)17(6)12(15)16)7-2-3-9(14)8(5-7)11(20)21/h2-5,12H,1H3,(H,20,21). The lowest BCUT2D eigenvalue weighted by atomic mass is 10.2. The van der Waals surface area contributed by atoms with Crippen molar-refractivity contribution in [2.45, 2.75) is 13.5 Å². The number of carboxylic acid groups (broad SMARTS) is 1. The molecule has 0 saturated heterocycles. The molecule has 0 radical (unpaired) electrons. The van der Waals surface area contributed by atoms with Gasteiger partial charge in [0.2, 0.25) is 0 Å². The molecular weight excluding hydrogens is 322 g/mol. The van der Waals surface area contributed by atoms with Crippen molar-refractivity contribution < 1.29 is 18.7 Å². The number of alkyl halides is 2. The largest absolute Gasteiger partial charge is 0.478 e. The zero-order valence-electron chi connectivity index (χ0n) is 11.1. The zero-order valence-corrected chi connectivity index (χ0v) is 11.8. The van der Waals surface area contributed by atoms with E-state index in [0.29, 0.717) is 4.57 Å². The van der Waals surface area contributed by atoms with Gasteiger partial charge in [-0.2, -0.15) is 8.78 Å². The number of nitrogens with zero attached hydrogens (tertiary/aromatic N) is 2. The van der Waals surface area contributed by atoms with Gasteiger partial charge in [-0.15, -0.1) is 0 Å². The lowest BCUT2D eigenvalue weighted by Gasteiger charge is -2.12. The Bertz CT molecular complexity index is 873. The zero-order chi connectivity index (χ0) is 16.6. The molecule has 0 fully saturated rings. The van der Waals surface area contributed by atoms with Crippen LogP contribution in [0, 0.1) is 6.92 Å². The molecule has 2 rings (SSSR count). The fourth-order valence-corrected chi connectivity index (χ4v) is 2.16. The Balaban J connectivity index is 2.82. The van der Waals surface area contributed by atoms with Gasteiger partial charge in [0, 0.05) is 11.8 Å². The van der Waals surface area contributed by atoms with Gasteiger partial charge in [0.15, 0.2) is 0 Å². The molecule has 1 aromatic heterocycles. The first-order valence-electron chi connectivity index (χ1n) is 5.90. The number of hydrogen-bond acceptors (Lipinski definition) is 3. The molecule has 0 atom stereocenters. The average molecular weight is 331 g/mol. The Labute approximate surface area is 126 Å². The molecule has 22 heavy (non-hydrogen) atoms. The summed E-state index contributed by atoms with van der Waals surface area (Å²) < 4.78 is 26.4. The van der Waals surface area contributed by atoms with Crippen LogP contribution in [0.2, 0.25) is 5.02 Å². The van der Waals surface area contributed by atoms with Crippen molar-refractivity contribution in [3.63, 3.8) is 0 Å². The number of aromatic carboxylic acids is 1. The van der Waals surface area contributed by atoms with E-state index in [0.717, 1.165) is 12.1 Å². The molecule has 0 amide bonds. The van der Waals surface area contributed by atoms with E-state index in [2.05, 4.69) is 0 Å². The topological polar surface area (TPSA) is 81.3 Å². The minimum absolute atomic E-state index is 0.106. The minimum atomic E-state index is -3.13. The molecule has 0 aliphatic carbocycles. The van der Waals surface area contributed by atoms with Crippen LogP contribution in [-0.4, -0.2) is 20.2 Å². The lowest BCUT2D eigenvalue weighted by molar-refractivity contribution is 0.0614. The molecule has 0 aliphatic heterocycles. The summed E-state index contributed by atoms with van der Waals surface area (Å²) in [5, 5.41) is 8.88. The minimum Gasteiger partial charge on any atom is -0.478 e. The molecule has 0 unspecified atom stereocenters. The Morgan fingerprint density at radius 1 is 1.27 bits per heavy atom. The van der Waals surface area contributed by atoms with E-state index < -0.39 is 23.8 Å². The van der Waals surface area contributed by atoms with E-state index in [4.69, 9.17) is 16.7 Å². The molecule has 9 heteroatoms. The van der Waals surface area contributed by atoms with Crippen molar-refractivity contribution in [3.8, 4) is 5.69 Å². The highest BCUT2D eigenvalue weighted by Crippen LogP contribution is 2.19. The predicted octanol–water partition coefficient (Wildman–Crippen LogP) is 2.05. The number of rotatable bonds is 3. The normalized spacial score (nSPS) is 11.0. The summed E-state index contributed by atoms with van der Waals surface area (Å²) in [4.78, 5) is 35.0. The molecular formula is C13H9ClF2N2O4. The number of benzene rings is 1. The molecule has 0 bridgehead atoms. The first-order valence-corrected chi connectivity index (χ1v) is 6.28. The maximum Gasteiger partial charge on any atom is 0.340 e. The monoisotopic (exact) mass is 330 g/mol. The van der Waals surface area contributed by atoms with Crippen LogP contribution in [0.4, 0.5) is 8.78 Å². The highest BCUT2D eigenvalue weighted by Gasteiger charge is 2.18. The molecule has 1 N–H and O–H groups in total. The van der Waals surface area contributed by atoms with E-state index in [1.165, 1.54) is 19.1 Å². The molecule has 1 heterocycles. The van der Waals surface area contributed by atoms with E-state index in [1.807, 2.05) is 0 Å². The summed E-state index contributed by atoms with van der Waals surface area (Å²) in [6.45, 7) is -1.94. The van der Waals surface area contributed by atoms with Crippen molar-refractivity contribution in [2.24, 2.45) is 0 Å². The highest BCUT2D eigenvalue weighted by atomic mass is 35.5. The van der Waals surface area contributed by atoms with Gasteiger partial charge in [-0.05, 0) is 25.1 Å². The third-order valence-corrected chi connectivity index (χ3v) is 3.29. The molecule has 1 aromatic carbocycles. The van der Waals surface area contributed by atoms with Crippen LogP contribution >= 0.6 is 11.6 Å². The Kier molecular flexibility index (Phi) is 4.14. The summed E-state index contributed by atoms with van der Waals surface area (Å²) in [6, 6.07) is 4.20. The van der Waals surface area contributed by atoms with Gasteiger partial charge in [-0.25, -0.2) is 18.7 Å². The molecule has 116 valence electrons. The van der Waals surface area contributed by atoms with Gasteiger partial charge < -0.3 is 5.11 Å². The summed E-state index contributed by atoms with van der Waals surface area (Å²) >= 11 is 5.69. The highest BCUT2D eigenvalue weighted by molar-refractivity contribution is 6.33. The predicted molar refractivity (Wildman–Crippen MR) is 74.3 cm³/mol. The van der Waals surface area contributed by atoms with Gasteiger partial charge in [0.25, 0.3) is 5.56 Å². The third kappa shape index (κ3) is 2.64.